The quantitative estimate of drug-likeness (QED) is 0.771. The molecule has 0 radical (unpaired) electrons. The number of nitrogens with zero attached hydrogens (tertiary/aromatic N) is 1. The van der Waals surface area contributed by atoms with Crippen LogP contribution in [-0.2, 0) is 6.42 Å². The van der Waals surface area contributed by atoms with Gasteiger partial charge < -0.3 is 5.11 Å². The van der Waals surface area contributed by atoms with E-state index in [4.69, 9.17) is 0 Å². The second-order valence-corrected chi connectivity index (χ2v) is 3.75. The van der Waals surface area contributed by atoms with Crippen LogP contribution in [0.5, 0.6) is 0 Å². The Kier molecular flexibility index (Phi) is 3.43. The second kappa shape index (κ2) is 4.38. The minimum Gasteiger partial charge on any atom is -0.393 e. The lowest BCUT2D eigenvalue weighted by Crippen LogP contribution is -2.09. The van der Waals surface area contributed by atoms with Gasteiger partial charge in [-0.15, -0.1) is 0 Å². The fourth-order valence-electron chi connectivity index (χ4n) is 1.43. The van der Waals surface area contributed by atoms with E-state index in [9.17, 15) is 5.11 Å². The molecule has 1 aromatic heterocycles. The van der Waals surface area contributed by atoms with Crippen molar-refractivity contribution in [2.45, 2.75) is 39.2 Å². The minimum absolute atomic E-state index is 0.313. The maximum Gasteiger partial charge on any atom is 0.0567 e. The number of aliphatic hydroxyl groups excluding tert-OH is 1. The average Bonchev–Trinajstić information content (AvgIpc) is 2.03. The zero-order chi connectivity index (χ0) is 9.84. The molecule has 1 heterocycles. The molecular formula is C11H17NO. The minimum atomic E-state index is -0.313. The molecule has 0 aliphatic rings. The zero-order valence-electron chi connectivity index (χ0n) is 8.49. The summed E-state index contributed by atoms with van der Waals surface area (Å²) < 4.78 is 0. The number of aromatic nitrogens is 1. The third kappa shape index (κ3) is 2.81. The molecule has 2 heteroatoms. The lowest BCUT2D eigenvalue weighted by atomic mass is 9.99. The van der Waals surface area contributed by atoms with Crippen molar-refractivity contribution in [2.75, 3.05) is 0 Å². The molecule has 1 N–H and O–H groups in total. The molecule has 0 amide bonds. The van der Waals surface area contributed by atoms with E-state index in [2.05, 4.69) is 24.9 Å². The standard InChI is InChI=1S/C11H17NO/c1-8(2)10-5-4-6-12-11(10)7-9(3)13/h4-6,8-9,13H,7H2,1-3H3. The van der Waals surface area contributed by atoms with Crippen LogP contribution in [0.3, 0.4) is 0 Å². The summed E-state index contributed by atoms with van der Waals surface area (Å²) in [6.45, 7) is 6.07. The molecule has 0 aliphatic carbocycles. The van der Waals surface area contributed by atoms with Gasteiger partial charge in [0.05, 0.1) is 6.10 Å². The molecule has 1 atom stereocenters. The van der Waals surface area contributed by atoms with Crippen LogP contribution in [0, 0.1) is 0 Å². The van der Waals surface area contributed by atoms with E-state index >= 15 is 0 Å². The number of pyridine rings is 1. The van der Waals surface area contributed by atoms with Crippen LogP contribution in [0.1, 0.15) is 37.9 Å². The largest absolute Gasteiger partial charge is 0.393 e. The Hall–Kier alpha value is -0.890. The van der Waals surface area contributed by atoms with Gasteiger partial charge in [0, 0.05) is 18.3 Å². The zero-order valence-corrected chi connectivity index (χ0v) is 8.49. The van der Waals surface area contributed by atoms with E-state index in [0.29, 0.717) is 12.3 Å². The van der Waals surface area contributed by atoms with E-state index in [1.54, 1.807) is 13.1 Å². The Morgan fingerprint density at radius 3 is 2.62 bits per heavy atom. The van der Waals surface area contributed by atoms with Crippen molar-refractivity contribution in [1.82, 2.24) is 4.98 Å². The SMILES string of the molecule is CC(O)Cc1ncccc1C(C)C. The molecule has 0 saturated carbocycles. The highest BCUT2D eigenvalue weighted by Crippen LogP contribution is 2.18. The van der Waals surface area contributed by atoms with Crippen LogP contribution in [0.4, 0.5) is 0 Å². The maximum absolute atomic E-state index is 9.27. The van der Waals surface area contributed by atoms with Gasteiger partial charge in [0.15, 0.2) is 0 Å². The van der Waals surface area contributed by atoms with Crippen molar-refractivity contribution in [2.24, 2.45) is 0 Å². The normalized spacial score (nSPS) is 13.3. The van der Waals surface area contributed by atoms with Gasteiger partial charge in [-0.05, 0) is 24.5 Å². The summed E-state index contributed by atoms with van der Waals surface area (Å²) in [6, 6.07) is 4.02. The first-order valence-corrected chi connectivity index (χ1v) is 4.73. The summed E-state index contributed by atoms with van der Waals surface area (Å²) in [6.07, 6.45) is 2.12. The molecule has 0 fully saturated rings. The molecule has 2 nitrogen and oxygen atoms in total. The van der Waals surface area contributed by atoms with Gasteiger partial charge in [-0.2, -0.15) is 0 Å². The van der Waals surface area contributed by atoms with Gasteiger partial charge in [-0.1, -0.05) is 19.9 Å². The maximum atomic E-state index is 9.27. The smallest absolute Gasteiger partial charge is 0.0567 e. The summed E-state index contributed by atoms with van der Waals surface area (Å²) in [5, 5.41) is 9.27. The van der Waals surface area contributed by atoms with Crippen molar-refractivity contribution in [1.29, 1.82) is 0 Å². The fourth-order valence-corrected chi connectivity index (χ4v) is 1.43. The van der Waals surface area contributed by atoms with Crippen LogP contribution in [0.25, 0.3) is 0 Å². The van der Waals surface area contributed by atoms with Crippen molar-refractivity contribution >= 4 is 0 Å². The Bertz CT molecular complexity index is 269. The Balaban J connectivity index is 2.91. The highest BCUT2D eigenvalue weighted by Gasteiger charge is 2.08. The monoisotopic (exact) mass is 179 g/mol. The number of hydrogen-bond acceptors (Lipinski definition) is 2. The van der Waals surface area contributed by atoms with Crippen LogP contribution in [0.15, 0.2) is 18.3 Å². The third-order valence-electron chi connectivity index (χ3n) is 2.04. The van der Waals surface area contributed by atoms with Crippen LogP contribution < -0.4 is 0 Å². The number of aliphatic hydroxyl groups is 1. The van der Waals surface area contributed by atoms with Crippen molar-refractivity contribution in [3.05, 3.63) is 29.6 Å². The van der Waals surface area contributed by atoms with E-state index in [1.165, 1.54) is 5.56 Å². The van der Waals surface area contributed by atoms with Gasteiger partial charge >= 0.3 is 0 Å². The molecule has 1 unspecified atom stereocenters. The first-order valence-electron chi connectivity index (χ1n) is 4.73. The lowest BCUT2D eigenvalue weighted by Gasteiger charge is -2.12. The first-order chi connectivity index (χ1) is 6.11. The highest BCUT2D eigenvalue weighted by atomic mass is 16.3. The van der Waals surface area contributed by atoms with Crippen molar-refractivity contribution in [3.8, 4) is 0 Å². The van der Waals surface area contributed by atoms with Crippen molar-refractivity contribution < 1.29 is 5.11 Å². The summed E-state index contributed by atoms with van der Waals surface area (Å²) in [5.41, 5.74) is 2.26. The van der Waals surface area contributed by atoms with Crippen LogP contribution in [-0.4, -0.2) is 16.2 Å². The van der Waals surface area contributed by atoms with Gasteiger partial charge in [0.1, 0.15) is 0 Å². The van der Waals surface area contributed by atoms with Crippen LogP contribution in [0.2, 0.25) is 0 Å². The molecule has 0 saturated heterocycles. The second-order valence-electron chi connectivity index (χ2n) is 3.75. The Labute approximate surface area is 79.6 Å². The van der Waals surface area contributed by atoms with Gasteiger partial charge in [-0.25, -0.2) is 0 Å². The molecular weight excluding hydrogens is 162 g/mol. The summed E-state index contributed by atoms with van der Waals surface area (Å²) >= 11 is 0. The van der Waals surface area contributed by atoms with Crippen LogP contribution >= 0.6 is 0 Å². The summed E-state index contributed by atoms with van der Waals surface area (Å²) in [7, 11) is 0. The van der Waals surface area contributed by atoms with Gasteiger partial charge in [-0.3, -0.25) is 4.98 Å². The van der Waals surface area contributed by atoms with Crippen molar-refractivity contribution in [3.63, 3.8) is 0 Å². The molecule has 0 spiro atoms. The van der Waals surface area contributed by atoms with E-state index in [1.807, 2.05) is 6.07 Å². The first kappa shape index (κ1) is 10.2. The predicted octanol–water partition coefficient (Wildman–Crippen LogP) is 2.13. The van der Waals surface area contributed by atoms with E-state index in [0.717, 1.165) is 5.69 Å². The van der Waals surface area contributed by atoms with E-state index < -0.39 is 0 Å². The molecule has 1 rings (SSSR count). The molecule has 0 bridgehead atoms. The average molecular weight is 179 g/mol. The fraction of sp³-hybridized carbons (Fsp3) is 0.545. The predicted molar refractivity (Wildman–Crippen MR) is 53.7 cm³/mol. The molecule has 1 aromatic rings. The summed E-state index contributed by atoms with van der Waals surface area (Å²) in [5.74, 6) is 0.474. The lowest BCUT2D eigenvalue weighted by molar-refractivity contribution is 0.194. The highest BCUT2D eigenvalue weighted by molar-refractivity contribution is 5.23. The topological polar surface area (TPSA) is 33.1 Å². The molecule has 13 heavy (non-hydrogen) atoms. The molecule has 72 valence electrons. The Morgan fingerprint density at radius 2 is 2.08 bits per heavy atom. The van der Waals surface area contributed by atoms with E-state index in [-0.39, 0.29) is 6.10 Å². The summed E-state index contributed by atoms with van der Waals surface area (Å²) in [4.78, 5) is 4.28. The Morgan fingerprint density at radius 1 is 1.38 bits per heavy atom. The molecule has 0 aromatic carbocycles. The van der Waals surface area contributed by atoms with Gasteiger partial charge in [0.2, 0.25) is 0 Å². The van der Waals surface area contributed by atoms with Gasteiger partial charge in [0.25, 0.3) is 0 Å². The number of rotatable bonds is 3. The number of hydrogen-bond donors (Lipinski definition) is 1. The molecule has 0 aliphatic heterocycles. The third-order valence-corrected chi connectivity index (χ3v) is 2.04.